The molecule has 0 aliphatic carbocycles. The fourth-order valence-corrected chi connectivity index (χ4v) is 1.48. The zero-order valence-electron chi connectivity index (χ0n) is 8.16. The number of nitrogens with one attached hydrogen (secondary N) is 1. The average molecular weight is 213 g/mol. The zero-order chi connectivity index (χ0) is 11.0. The number of hydrogen-bond acceptors (Lipinski definition) is 4. The van der Waals surface area contributed by atoms with Gasteiger partial charge >= 0.3 is 0 Å². The lowest BCUT2D eigenvalue weighted by Crippen LogP contribution is -2.13. The van der Waals surface area contributed by atoms with Gasteiger partial charge < -0.3 is 0 Å². The van der Waals surface area contributed by atoms with Crippen molar-refractivity contribution in [2.75, 3.05) is 0 Å². The predicted octanol–water partition coefficient (Wildman–Crippen LogP) is 0.480. The highest BCUT2D eigenvalue weighted by molar-refractivity contribution is 5.57. The second kappa shape index (κ2) is 3.27. The van der Waals surface area contributed by atoms with E-state index in [1.165, 1.54) is 16.7 Å². The lowest BCUT2D eigenvalue weighted by Gasteiger charge is -2.00. The maximum atomic E-state index is 11.6. The molecule has 0 saturated heterocycles. The quantitative estimate of drug-likeness (QED) is 0.637. The van der Waals surface area contributed by atoms with Crippen molar-refractivity contribution in [3.63, 3.8) is 0 Å². The van der Waals surface area contributed by atoms with E-state index in [4.69, 9.17) is 0 Å². The van der Waals surface area contributed by atoms with Gasteiger partial charge in [-0.2, -0.15) is 5.10 Å². The van der Waals surface area contributed by atoms with Crippen LogP contribution in [0.15, 0.2) is 41.7 Å². The molecule has 0 amide bonds. The number of aromatic nitrogens is 5. The van der Waals surface area contributed by atoms with Crippen LogP contribution in [0.5, 0.6) is 0 Å². The van der Waals surface area contributed by atoms with Gasteiger partial charge in [-0.15, -0.1) is 0 Å². The standard InChI is InChI=1S/C10H7N5O/c16-9-2-3-11-10-12-5-7(6-15(9)10)8-1-4-13-14-8/h1-6H,(H,13,14). The van der Waals surface area contributed by atoms with Gasteiger partial charge in [-0.3, -0.25) is 14.3 Å². The van der Waals surface area contributed by atoms with Crippen molar-refractivity contribution < 1.29 is 0 Å². The molecule has 0 bridgehead atoms. The van der Waals surface area contributed by atoms with Gasteiger partial charge in [0, 0.05) is 36.4 Å². The third-order valence-corrected chi connectivity index (χ3v) is 2.26. The second-order valence-corrected chi connectivity index (χ2v) is 3.27. The molecule has 3 aromatic heterocycles. The largest absolute Gasteiger partial charge is 0.278 e. The van der Waals surface area contributed by atoms with Crippen LogP contribution in [-0.2, 0) is 0 Å². The van der Waals surface area contributed by atoms with E-state index in [0.29, 0.717) is 5.78 Å². The van der Waals surface area contributed by atoms with E-state index < -0.39 is 0 Å². The maximum Gasteiger partial charge on any atom is 0.259 e. The van der Waals surface area contributed by atoms with Crippen LogP contribution in [0.4, 0.5) is 0 Å². The van der Waals surface area contributed by atoms with Crippen molar-refractivity contribution in [3.05, 3.63) is 47.3 Å². The first-order valence-electron chi connectivity index (χ1n) is 4.68. The predicted molar refractivity (Wildman–Crippen MR) is 56.8 cm³/mol. The summed E-state index contributed by atoms with van der Waals surface area (Å²) in [7, 11) is 0. The van der Waals surface area contributed by atoms with Crippen LogP contribution in [0.25, 0.3) is 17.0 Å². The summed E-state index contributed by atoms with van der Waals surface area (Å²) in [4.78, 5) is 19.7. The third-order valence-electron chi connectivity index (χ3n) is 2.26. The number of rotatable bonds is 1. The lowest BCUT2D eigenvalue weighted by molar-refractivity contribution is 0.993. The zero-order valence-corrected chi connectivity index (χ0v) is 8.16. The van der Waals surface area contributed by atoms with Gasteiger partial charge in [0.05, 0.1) is 5.69 Å². The highest BCUT2D eigenvalue weighted by Gasteiger charge is 2.02. The van der Waals surface area contributed by atoms with Gasteiger partial charge in [0.25, 0.3) is 5.56 Å². The topological polar surface area (TPSA) is 75.9 Å². The van der Waals surface area contributed by atoms with Crippen LogP contribution in [0.2, 0.25) is 0 Å². The van der Waals surface area contributed by atoms with Crippen LogP contribution < -0.4 is 5.56 Å². The monoisotopic (exact) mass is 213 g/mol. The summed E-state index contributed by atoms with van der Waals surface area (Å²) in [5.74, 6) is 0.385. The summed E-state index contributed by atoms with van der Waals surface area (Å²) < 4.78 is 1.40. The first-order valence-corrected chi connectivity index (χ1v) is 4.68. The average Bonchev–Trinajstić information content (AvgIpc) is 2.83. The number of fused-ring (bicyclic) bond motifs is 1. The minimum atomic E-state index is -0.154. The number of hydrogen-bond donors (Lipinski definition) is 1. The Bertz CT molecular complexity index is 686. The van der Waals surface area contributed by atoms with Crippen molar-refractivity contribution in [2.24, 2.45) is 0 Å². The van der Waals surface area contributed by atoms with Crippen LogP contribution >= 0.6 is 0 Å². The Balaban J connectivity index is 2.31. The smallest absolute Gasteiger partial charge is 0.259 e. The van der Waals surface area contributed by atoms with Crippen LogP contribution in [-0.4, -0.2) is 24.6 Å². The van der Waals surface area contributed by atoms with E-state index in [-0.39, 0.29) is 5.56 Å². The fraction of sp³-hybridized carbons (Fsp3) is 0. The Labute approximate surface area is 89.6 Å². The fourth-order valence-electron chi connectivity index (χ4n) is 1.48. The van der Waals surface area contributed by atoms with E-state index in [9.17, 15) is 4.79 Å². The molecule has 0 radical (unpaired) electrons. The number of nitrogens with zero attached hydrogens (tertiary/aromatic N) is 4. The molecule has 3 aromatic rings. The molecule has 0 aliphatic rings. The minimum absolute atomic E-state index is 0.154. The molecule has 3 heterocycles. The first-order chi connectivity index (χ1) is 7.84. The highest BCUT2D eigenvalue weighted by Crippen LogP contribution is 2.13. The molecule has 78 valence electrons. The molecule has 3 rings (SSSR count). The molecule has 0 fully saturated rings. The van der Waals surface area contributed by atoms with Crippen LogP contribution in [0, 0.1) is 0 Å². The molecule has 0 unspecified atom stereocenters. The number of aromatic amines is 1. The highest BCUT2D eigenvalue weighted by atomic mass is 16.1. The minimum Gasteiger partial charge on any atom is -0.278 e. The van der Waals surface area contributed by atoms with E-state index in [2.05, 4.69) is 20.2 Å². The van der Waals surface area contributed by atoms with Gasteiger partial charge in [0.15, 0.2) is 0 Å². The summed E-state index contributed by atoms with van der Waals surface area (Å²) in [5, 5.41) is 6.66. The van der Waals surface area contributed by atoms with E-state index in [1.54, 1.807) is 18.6 Å². The van der Waals surface area contributed by atoms with Crippen LogP contribution in [0.1, 0.15) is 0 Å². The molecule has 6 heteroatoms. The Morgan fingerprint density at radius 1 is 1.19 bits per heavy atom. The molecule has 0 aliphatic heterocycles. The molecular weight excluding hydrogens is 206 g/mol. The SMILES string of the molecule is O=c1ccnc2ncc(-c3ccn[nH]3)cn12. The summed E-state index contributed by atoms with van der Waals surface area (Å²) >= 11 is 0. The summed E-state index contributed by atoms with van der Waals surface area (Å²) in [6.07, 6.45) is 6.42. The molecule has 1 N–H and O–H groups in total. The Morgan fingerprint density at radius 2 is 2.12 bits per heavy atom. The Kier molecular flexibility index (Phi) is 1.79. The van der Waals surface area contributed by atoms with Crippen molar-refractivity contribution in [1.82, 2.24) is 24.6 Å². The molecule has 0 spiro atoms. The third kappa shape index (κ3) is 1.28. The Hall–Kier alpha value is -2.50. The summed E-state index contributed by atoms with van der Waals surface area (Å²) in [6.45, 7) is 0. The lowest BCUT2D eigenvalue weighted by atomic mass is 10.2. The molecule has 0 atom stereocenters. The van der Waals surface area contributed by atoms with Crippen molar-refractivity contribution in [3.8, 4) is 11.3 Å². The second-order valence-electron chi connectivity index (χ2n) is 3.27. The van der Waals surface area contributed by atoms with Gasteiger partial charge in [-0.1, -0.05) is 0 Å². The number of H-pyrrole nitrogens is 1. The molecular formula is C10H7N5O. The van der Waals surface area contributed by atoms with Crippen molar-refractivity contribution in [1.29, 1.82) is 0 Å². The van der Waals surface area contributed by atoms with E-state index >= 15 is 0 Å². The van der Waals surface area contributed by atoms with E-state index in [0.717, 1.165) is 11.3 Å². The molecule has 0 aromatic carbocycles. The van der Waals surface area contributed by atoms with Gasteiger partial charge in [0.1, 0.15) is 0 Å². The maximum absolute atomic E-state index is 11.6. The van der Waals surface area contributed by atoms with Gasteiger partial charge in [-0.25, -0.2) is 9.97 Å². The molecule has 0 saturated carbocycles. The summed E-state index contributed by atoms with van der Waals surface area (Å²) in [5.41, 5.74) is 1.45. The van der Waals surface area contributed by atoms with Crippen LogP contribution in [0.3, 0.4) is 0 Å². The van der Waals surface area contributed by atoms with Crippen molar-refractivity contribution >= 4 is 5.78 Å². The van der Waals surface area contributed by atoms with Crippen molar-refractivity contribution in [2.45, 2.75) is 0 Å². The van der Waals surface area contributed by atoms with E-state index in [1.807, 2.05) is 6.07 Å². The summed E-state index contributed by atoms with van der Waals surface area (Å²) in [6, 6.07) is 3.20. The Morgan fingerprint density at radius 3 is 2.94 bits per heavy atom. The molecule has 16 heavy (non-hydrogen) atoms. The first kappa shape index (κ1) is 8.78. The normalized spacial score (nSPS) is 10.8. The van der Waals surface area contributed by atoms with Gasteiger partial charge in [0.2, 0.25) is 5.78 Å². The molecule has 6 nitrogen and oxygen atoms in total. The van der Waals surface area contributed by atoms with Gasteiger partial charge in [-0.05, 0) is 6.07 Å².